The standard InChI is InChI=1S/C14H12Cl2N2O2/c1-19-8-11-6-10(17-20-11)7-18-3-2-12-13(16)4-9(15)5-14(12)18/h2-6H,7-8H2,1H3. The van der Waals surface area contributed by atoms with E-state index in [9.17, 15) is 0 Å². The molecular weight excluding hydrogens is 299 g/mol. The third-order valence-corrected chi connectivity index (χ3v) is 3.56. The minimum atomic E-state index is 0.414. The number of nitrogens with zero attached hydrogens (tertiary/aromatic N) is 2. The lowest BCUT2D eigenvalue weighted by Gasteiger charge is -2.03. The van der Waals surface area contributed by atoms with E-state index < -0.39 is 0 Å². The van der Waals surface area contributed by atoms with Crippen LogP contribution in [-0.4, -0.2) is 16.8 Å². The summed E-state index contributed by atoms with van der Waals surface area (Å²) in [5.41, 5.74) is 1.80. The minimum Gasteiger partial charge on any atom is -0.377 e. The van der Waals surface area contributed by atoms with Gasteiger partial charge < -0.3 is 13.8 Å². The van der Waals surface area contributed by atoms with E-state index in [-0.39, 0.29) is 0 Å². The van der Waals surface area contributed by atoms with Gasteiger partial charge in [0, 0.05) is 29.8 Å². The fourth-order valence-corrected chi connectivity index (χ4v) is 2.72. The highest BCUT2D eigenvalue weighted by molar-refractivity contribution is 6.38. The Bertz CT molecular complexity index is 749. The fraction of sp³-hybridized carbons (Fsp3) is 0.214. The molecule has 0 unspecified atom stereocenters. The first-order chi connectivity index (χ1) is 9.67. The van der Waals surface area contributed by atoms with Crippen molar-refractivity contribution in [1.29, 1.82) is 0 Å². The summed E-state index contributed by atoms with van der Waals surface area (Å²) in [5, 5.41) is 6.25. The molecular formula is C14H12Cl2N2O2. The zero-order valence-corrected chi connectivity index (χ0v) is 12.3. The number of halogens is 2. The van der Waals surface area contributed by atoms with Gasteiger partial charge in [-0.3, -0.25) is 0 Å². The smallest absolute Gasteiger partial charge is 0.162 e. The van der Waals surface area contributed by atoms with Crippen LogP contribution in [0.15, 0.2) is 35.0 Å². The molecule has 0 bridgehead atoms. The number of benzene rings is 1. The first-order valence-corrected chi connectivity index (χ1v) is 6.80. The number of ether oxygens (including phenoxy) is 1. The average molecular weight is 311 g/mol. The van der Waals surface area contributed by atoms with Crippen LogP contribution >= 0.6 is 23.2 Å². The normalized spacial score (nSPS) is 11.3. The van der Waals surface area contributed by atoms with Crippen molar-refractivity contribution in [1.82, 2.24) is 9.72 Å². The van der Waals surface area contributed by atoms with Gasteiger partial charge in [0.25, 0.3) is 0 Å². The molecule has 0 saturated carbocycles. The van der Waals surface area contributed by atoms with Crippen LogP contribution in [-0.2, 0) is 17.9 Å². The van der Waals surface area contributed by atoms with Gasteiger partial charge in [0.15, 0.2) is 5.76 Å². The van der Waals surface area contributed by atoms with E-state index in [0.29, 0.717) is 29.0 Å². The molecule has 2 aromatic heterocycles. The van der Waals surface area contributed by atoms with Crippen LogP contribution in [0.1, 0.15) is 11.5 Å². The second-order valence-electron chi connectivity index (χ2n) is 4.48. The molecule has 1 aromatic carbocycles. The molecule has 0 aliphatic carbocycles. The number of rotatable bonds is 4. The second-order valence-corrected chi connectivity index (χ2v) is 5.33. The van der Waals surface area contributed by atoms with Crippen molar-refractivity contribution in [3.63, 3.8) is 0 Å². The highest BCUT2D eigenvalue weighted by Gasteiger charge is 2.09. The molecule has 104 valence electrons. The third-order valence-electron chi connectivity index (χ3n) is 3.03. The zero-order chi connectivity index (χ0) is 14.1. The Kier molecular flexibility index (Phi) is 3.70. The summed E-state index contributed by atoms with van der Waals surface area (Å²) >= 11 is 12.2. The molecule has 6 heteroatoms. The molecule has 0 saturated heterocycles. The van der Waals surface area contributed by atoms with Gasteiger partial charge in [-0.2, -0.15) is 0 Å². The molecule has 3 aromatic rings. The van der Waals surface area contributed by atoms with Crippen LogP contribution < -0.4 is 0 Å². The quantitative estimate of drug-likeness (QED) is 0.727. The van der Waals surface area contributed by atoms with Crippen molar-refractivity contribution >= 4 is 34.1 Å². The highest BCUT2D eigenvalue weighted by Crippen LogP contribution is 2.29. The maximum atomic E-state index is 6.18. The van der Waals surface area contributed by atoms with Crippen LogP contribution in [0.2, 0.25) is 10.0 Å². The van der Waals surface area contributed by atoms with E-state index in [4.69, 9.17) is 32.5 Å². The monoisotopic (exact) mass is 310 g/mol. The lowest BCUT2D eigenvalue weighted by atomic mass is 10.2. The van der Waals surface area contributed by atoms with Crippen LogP contribution in [0, 0.1) is 0 Å². The number of fused-ring (bicyclic) bond motifs is 1. The SMILES string of the molecule is COCc1cc(Cn2ccc3c(Cl)cc(Cl)cc32)no1. The van der Waals surface area contributed by atoms with Gasteiger partial charge in [-0.1, -0.05) is 28.4 Å². The Morgan fingerprint density at radius 1 is 1.30 bits per heavy atom. The maximum absolute atomic E-state index is 6.18. The summed E-state index contributed by atoms with van der Waals surface area (Å²) in [7, 11) is 1.62. The first-order valence-electron chi connectivity index (χ1n) is 6.04. The van der Waals surface area contributed by atoms with E-state index in [1.807, 2.05) is 29.0 Å². The number of aromatic nitrogens is 2. The molecule has 2 heterocycles. The summed E-state index contributed by atoms with van der Waals surface area (Å²) in [6, 6.07) is 7.47. The van der Waals surface area contributed by atoms with Gasteiger partial charge in [0.2, 0.25) is 0 Å². The van der Waals surface area contributed by atoms with E-state index in [1.165, 1.54) is 0 Å². The van der Waals surface area contributed by atoms with Gasteiger partial charge in [0.1, 0.15) is 12.3 Å². The summed E-state index contributed by atoms with van der Waals surface area (Å²) in [5.74, 6) is 0.704. The van der Waals surface area contributed by atoms with E-state index in [2.05, 4.69) is 5.16 Å². The van der Waals surface area contributed by atoms with Gasteiger partial charge in [-0.15, -0.1) is 0 Å². The van der Waals surface area contributed by atoms with Crippen LogP contribution in [0.4, 0.5) is 0 Å². The molecule has 0 N–H and O–H groups in total. The van der Waals surface area contributed by atoms with Crippen LogP contribution in [0.3, 0.4) is 0 Å². The Morgan fingerprint density at radius 2 is 2.15 bits per heavy atom. The fourth-order valence-electron chi connectivity index (χ4n) is 2.17. The summed E-state index contributed by atoms with van der Waals surface area (Å²) in [6.07, 6.45) is 1.96. The number of hydrogen-bond acceptors (Lipinski definition) is 3. The van der Waals surface area contributed by atoms with Crippen molar-refractivity contribution in [2.45, 2.75) is 13.2 Å². The summed E-state index contributed by atoms with van der Waals surface area (Å²) < 4.78 is 12.2. The number of hydrogen-bond donors (Lipinski definition) is 0. The van der Waals surface area contributed by atoms with Crippen LogP contribution in [0.5, 0.6) is 0 Å². The van der Waals surface area contributed by atoms with Crippen LogP contribution in [0.25, 0.3) is 10.9 Å². The van der Waals surface area contributed by atoms with Crippen molar-refractivity contribution in [2.75, 3.05) is 7.11 Å². The molecule has 0 fully saturated rings. The van der Waals surface area contributed by atoms with Crippen molar-refractivity contribution in [3.8, 4) is 0 Å². The molecule has 0 amide bonds. The molecule has 0 aliphatic heterocycles. The Labute approximate surface area is 125 Å². The molecule has 0 atom stereocenters. The van der Waals surface area contributed by atoms with Gasteiger partial charge in [-0.05, 0) is 18.2 Å². The molecule has 0 radical (unpaired) electrons. The third kappa shape index (κ3) is 2.54. The van der Waals surface area contributed by atoms with Crippen molar-refractivity contribution in [3.05, 3.63) is 52.0 Å². The number of methoxy groups -OCH3 is 1. The highest BCUT2D eigenvalue weighted by atomic mass is 35.5. The van der Waals surface area contributed by atoms with Crippen molar-refractivity contribution < 1.29 is 9.26 Å². The van der Waals surface area contributed by atoms with E-state index in [1.54, 1.807) is 13.2 Å². The largest absolute Gasteiger partial charge is 0.377 e. The van der Waals surface area contributed by atoms with Crippen molar-refractivity contribution in [2.24, 2.45) is 0 Å². The van der Waals surface area contributed by atoms with Gasteiger partial charge in [0.05, 0.1) is 17.1 Å². The lowest BCUT2D eigenvalue weighted by Crippen LogP contribution is -1.97. The summed E-state index contributed by atoms with van der Waals surface area (Å²) in [4.78, 5) is 0. The van der Waals surface area contributed by atoms with Gasteiger partial charge in [-0.25, -0.2) is 0 Å². The molecule has 3 rings (SSSR count). The predicted octanol–water partition coefficient (Wildman–Crippen LogP) is 4.13. The van der Waals surface area contributed by atoms with E-state index in [0.717, 1.165) is 16.6 Å². The average Bonchev–Trinajstić information content (AvgIpc) is 2.99. The minimum absolute atomic E-state index is 0.414. The maximum Gasteiger partial charge on any atom is 0.162 e. The Morgan fingerprint density at radius 3 is 2.95 bits per heavy atom. The summed E-state index contributed by atoms with van der Waals surface area (Å²) in [6.45, 7) is 1.00. The predicted molar refractivity (Wildman–Crippen MR) is 78.3 cm³/mol. The molecule has 20 heavy (non-hydrogen) atoms. The first kappa shape index (κ1) is 13.5. The Hall–Kier alpha value is -1.49. The topological polar surface area (TPSA) is 40.2 Å². The van der Waals surface area contributed by atoms with Gasteiger partial charge >= 0.3 is 0 Å². The van der Waals surface area contributed by atoms with E-state index >= 15 is 0 Å². The molecule has 0 spiro atoms. The molecule has 0 aliphatic rings. The Balaban J connectivity index is 1.94. The molecule has 4 nitrogen and oxygen atoms in total. The second kappa shape index (κ2) is 5.48. The zero-order valence-electron chi connectivity index (χ0n) is 10.8. The lowest BCUT2D eigenvalue weighted by molar-refractivity contribution is 0.155.